The minimum atomic E-state index is -0.281. The van der Waals surface area contributed by atoms with E-state index < -0.39 is 0 Å². The molecule has 0 fully saturated rings. The lowest BCUT2D eigenvalue weighted by molar-refractivity contribution is 0.621. The summed E-state index contributed by atoms with van der Waals surface area (Å²) < 4.78 is 15.9. The van der Waals surface area contributed by atoms with E-state index in [2.05, 4.69) is 15.0 Å². The van der Waals surface area contributed by atoms with E-state index in [4.69, 9.17) is 5.73 Å². The number of fused-ring (bicyclic) bond motifs is 1. The molecule has 0 bridgehead atoms. The third-order valence-electron chi connectivity index (χ3n) is 2.78. The number of imidazole rings is 1. The van der Waals surface area contributed by atoms with Crippen molar-refractivity contribution in [2.75, 3.05) is 5.73 Å². The number of nitrogen functional groups attached to an aromatic ring is 1. The molecule has 0 atom stereocenters. The number of hydrogen-bond donors (Lipinski definition) is 1. The Balaban J connectivity index is 2.13. The van der Waals surface area contributed by atoms with Crippen molar-refractivity contribution in [3.05, 3.63) is 45.8 Å². The van der Waals surface area contributed by atoms with E-state index in [1.165, 1.54) is 12.4 Å². The fourth-order valence-electron chi connectivity index (χ4n) is 1.88. The number of nitrogens with two attached hydrogens (primary N) is 1. The average Bonchev–Trinajstić information content (AvgIpc) is 2.68. The number of benzene rings is 1. The first-order valence-electron chi connectivity index (χ1n) is 5.51. The van der Waals surface area contributed by atoms with Gasteiger partial charge in [0.05, 0.1) is 26.8 Å². The van der Waals surface area contributed by atoms with Gasteiger partial charge in [0.2, 0.25) is 5.95 Å². The van der Waals surface area contributed by atoms with Gasteiger partial charge in [-0.3, -0.25) is 0 Å². The summed E-state index contributed by atoms with van der Waals surface area (Å²) in [4.78, 5) is 12.2. The molecular weight excluding hydrogens is 360 g/mol. The Hall–Kier alpha value is -1.77. The van der Waals surface area contributed by atoms with E-state index in [1.54, 1.807) is 22.9 Å². The summed E-state index contributed by atoms with van der Waals surface area (Å²) in [7, 11) is 0. The van der Waals surface area contributed by atoms with Crippen LogP contribution >= 0.6 is 22.6 Å². The average molecular weight is 369 g/mol. The second kappa shape index (κ2) is 4.72. The monoisotopic (exact) mass is 369 g/mol. The zero-order valence-electron chi connectivity index (χ0n) is 9.72. The van der Waals surface area contributed by atoms with Gasteiger partial charge in [0.25, 0.3) is 0 Å². The summed E-state index contributed by atoms with van der Waals surface area (Å²) in [6.45, 7) is 0.435. The number of halogens is 2. The number of anilines is 1. The Bertz CT molecular complexity index is 741. The summed E-state index contributed by atoms with van der Waals surface area (Å²) >= 11 is 1.93. The van der Waals surface area contributed by atoms with Crippen molar-refractivity contribution in [3.63, 3.8) is 0 Å². The van der Waals surface area contributed by atoms with E-state index in [1.807, 2.05) is 22.6 Å². The predicted octanol–water partition coefficient (Wildman–Crippen LogP) is 2.20. The maximum atomic E-state index is 13.7. The predicted molar refractivity (Wildman–Crippen MR) is 78.0 cm³/mol. The molecule has 7 heteroatoms. The van der Waals surface area contributed by atoms with Crippen LogP contribution in [0.4, 0.5) is 10.3 Å². The first kappa shape index (κ1) is 12.3. The van der Waals surface area contributed by atoms with Gasteiger partial charge in [-0.2, -0.15) is 0 Å². The molecule has 1 aromatic carbocycles. The van der Waals surface area contributed by atoms with Crippen LogP contribution in [0.5, 0.6) is 0 Å². The van der Waals surface area contributed by atoms with Crippen LogP contribution in [0.3, 0.4) is 0 Å². The second-order valence-electron chi connectivity index (χ2n) is 4.01. The molecule has 19 heavy (non-hydrogen) atoms. The molecule has 0 aliphatic carbocycles. The van der Waals surface area contributed by atoms with Crippen LogP contribution < -0.4 is 5.73 Å². The van der Waals surface area contributed by atoms with Crippen molar-refractivity contribution < 1.29 is 4.39 Å². The number of aromatic nitrogens is 4. The highest BCUT2D eigenvalue weighted by Crippen LogP contribution is 2.23. The van der Waals surface area contributed by atoms with Crippen LogP contribution in [0.25, 0.3) is 11.0 Å². The molecule has 0 radical (unpaired) electrons. The Labute approximate surface area is 121 Å². The lowest BCUT2D eigenvalue weighted by atomic mass is 10.3. The number of hydrogen-bond acceptors (Lipinski definition) is 4. The molecule has 0 amide bonds. The van der Waals surface area contributed by atoms with Crippen molar-refractivity contribution in [2.45, 2.75) is 6.54 Å². The summed E-state index contributed by atoms with van der Waals surface area (Å²) in [5, 5.41) is 0. The first-order chi connectivity index (χ1) is 9.15. The molecule has 0 aliphatic heterocycles. The molecule has 0 saturated heterocycles. The zero-order chi connectivity index (χ0) is 13.4. The summed E-state index contributed by atoms with van der Waals surface area (Å²) in [5.74, 6) is 0.0620. The maximum absolute atomic E-state index is 13.7. The summed E-state index contributed by atoms with van der Waals surface area (Å²) in [6.07, 6.45) is 3.12. The zero-order valence-corrected chi connectivity index (χ0v) is 11.9. The molecule has 0 unspecified atom stereocenters. The smallest absolute Gasteiger partial charge is 0.201 e. The van der Waals surface area contributed by atoms with Crippen LogP contribution in [0, 0.1) is 9.39 Å². The van der Waals surface area contributed by atoms with Gasteiger partial charge in [-0.15, -0.1) is 0 Å². The highest BCUT2D eigenvalue weighted by molar-refractivity contribution is 14.1. The van der Waals surface area contributed by atoms with Gasteiger partial charge in [0, 0.05) is 12.3 Å². The third-order valence-corrected chi connectivity index (χ3v) is 3.61. The lowest BCUT2D eigenvalue weighted by Crippen LogP contribution is -2.06. The number of nitrogens with zero attached hydrogens (tertiary/aromatic N) is 4. The molecule has 96 valence electrons. The maximum Gasteiger partial charge on any atom is 0.201 e. The lowest BCUT2D eigenvalue weighted by Gasteiger charge is -2.05. The normalized spacial score (nSPS) is 11.1. The molecule has 2 N–H and O–H groups in total. The molecule has 2 aromatic heterocycles. The van der Waals surface area contributed by atoms with Crippen molar-refractivity contribution in [1.82, 2.24) is 19.5 Å². The second-order valence-corrected chi connectivity index (χ2v) is 5.17. The number of rotatable bonds is 2. The Kier molecular flexibility index (Phi) is 3.05. The molecule has 0 saturated carbocycles. The highest BCUT2D eigenvalue weighted by atomic mass is 127. The fraction of sp³-hybridized carbons (Fsp3) is 0.0833. The van der Waals surface area contributed by atoms with Crippen LogP contribution in [-0.2, 0) is 6.54 Å². The van der Waals surface area contributed by atoms with Crippen molar-refractivity contribution in [2.24, 2.45) is 0 Å². The Morgan fingerprint density at radius 2 is 2.21 bits per heavy atom. The van der Waals surface area contributed by atoms with Gasteiger partial charge in [0.15, 0.2) is 0 Å². The van der Waals surface area contributed by atoms with E-state index in [9.17, 15) is 4.39 Å². The van der Waals surface area contributed by atoms with Crippen LogP contribution in [0.1, 0.15) is 5.69 Å². The largest absolute Gasteiger partial charge is 0.369 e. The molecule has 3 rings (SSSR count). The standard InChI is InChI=1S/C12H9FIN5/c13-8-3-11-10(4-9(8)14)18-12(15)19(11)5-7-1-2-16-6-17-7/h1-4,6H,5H2,(H2,15,18). The molecule has 0 spiro atoms. The van der Waals surface area contributed by atoms with Gasteiger partial charge in [-0.05, 0) is 34.7 Å². The van der Waals surface area contributed by atoms with E-state index in [0.717, 1.165) is 5.69 Å². The van der Waals surface area contributed by atoms with Crippen molar-refractivity contribution >= 4 is 39.6 Å². The Morgan fingerprint density at radius 1 is 1.37 bits per heavy atom. The minimum Gasteiger partial charge on any atom is -0.369 e. The van der Waals surface area contributed by atoms with Gasteiger partial charge in [-0.1, -0.05) is 0 Å². The van der Waals surface area contributed by atoms with Gasteiger partial charge >= 0.3 is 0 Å². The van der Waals surface area contributed by atoms with Gasteiger partial charge in [-0.25, -0.2) is 19.3 Å². The fourth-order valence-corrected chi connectivity index (χ4v) is 2.33. The van der Waals surface area contributed by atoms with Gasteiger partial charge < -0.3 is 10.3 Å². The molecule has 3 aromatic rings. The molecule has 5 nitrogen and oxygen atoms in total. The third kappa shape index (κ3) is 2.25. The van der Waals surface area contributed by atoms with Crippen LogP contribution in [0.15, 0.2) is 30.7 Å². The summed E-state index contributed by atoms with van der Waals surface area (Å²) in [5.41, 5.74) is 8.02. The molecular formula is C12H9FIN5. The van der Waals surface area contributed by atoms with Crippen LogP contribution in [-0.4, -0.2) is 19.5 Å². The van der Waals surface area contributed by atoms with Gasteiger partial charge in [0.1, 0.15) is 12.1 Å². The highest BCUT2D eigenvalue weighted by Gasteiger charge is 2.12. The molecule has 2 heterocycles. The minimum absolute atomic E-state index is 0.281. The van der Waals surface area contributed by atoms with Crippen molar-refractivity contribution in [1.29, 1.82) is 0 Å². The quantitative estimate of drug-likeness (QED) is 0.704. The van der Waals surface area contributed by atoms with Crippen molar-refractivity contribution in [3.8, 4) is 0 Å². The van der Waals surface area contributed by atoms with E-state index in [0.29, 0.717) is 27.1 Å². The first-order valence-corrected chi connectivity index (χ1v) is 6.58. The summed E-state index contributed by atoms with van der Waals surface area (Å²) in [6, 6.07) is 4.91. The Morgan fingerprint density at radius 3 is 2.95 bits per heavy atom. The SMILES string of the molecule is Nc1nc2cc(I)c(F)cc2n1Cc1ccncn1. The van der Waals surface area contributed by atoms with E-state index >= 15 is 0 Å². The van der Waals surface area contributed by atoms with E-state index in [-0.39, 0.29) is 5.82 Å². The van der Waals surface area contributed by atoms with Crippen LogP contribution in [0.2, 0.25) is 0 Å². The molecule has 0 aliphatic rings. The topological polar surface area (TPSA) is 69.6 Å².